The van der Waals surface area contributed by atoms with Crippen LogP contribution in [0.5, 0.6) is 11.6 Å². The predicted octanol–water partition coefficient (Wildman–Crippen LogP) is 2.09. The highest BCUT2D eigenvalue weighted by Gasteiger charge is 2.14. The van der Waals surface area contributed by atoms with Crippen LogP contribution in [-0.2, 0) is 6.54 Å². The van der Waals surface area contributed by atoms with Crippen LogP contribution >= 0.6 is 0 Å². The van der Waals surface area contributed by atoms with Gasteiger partial charge in [-0.05, 0) is 12.1 Å². The molecule has 0 spiro atoms. The second kappa shape index (κ2) is 7.72. The average molecular weight is 377 g/mol. The molecule has 0 radical (unpaired) electrons. The van der Waals surface area contributed by atoms with E-state index in [1.165, 1.54) is 42.5 Å². The summed E-state index contributed by atoms with van der Waals surface area (Å²) in [5, 5.41) is 12.7. The summed E-state index contributed by atoms with van der Waals surface area (Å²) in [5.41, 5.74) is 1.21. The van der Waals surface area contributed by atoms with Gasteiger partial charge < -0.3 is 14.6 Å². The summed E-state index contributed by atoms with van der Waals surface area (Å²) in [7, 11) is 1.41. The molecule has 1 N–H and O–H groups in total. The molecular weight excluding hydrogens is 364 g/mol. The minimum Gasteiger partial charge on any atom is -0.479 e. The Labute approximate surface area is 151 Å². The molecule has 3 rings (SSSR count). The number of hydrogen-bond acceptors (Lipinski definition) is 7. The van der Waals surface area contributed by atoms with Crippen LogP contribution in [0.2, 0.25) is 0 Å². The molecule has 0 amide bonds. The topological polar surface area (TPSA) is 112 Å². The molecule has 27 heavy (non-hydrogen) atoms. The number of methoxy groups -OCH3 is 1. The van der Waals surface area contributed by atoms with E-state index in [9.17, 15) is 13.6 Å². The zero-order valence-electron chi connectivity index (χ0n) is 13.9. The maximum atomic E-state index is 12.4. The summed E-state index contributed by atoms with van der Waals surface area (Å²) >= 11 is 0. The third-order valence-electron chi connectivity index (χ3n) is 3.37. The average Bonchev–Trinajstić information content (AvgIpc) is 3.10. The van der Waals surface area contributed by atoms with Gasteiger partial charge >= 0.3 is 12.6 Å². The number of alkyl halides is 2. The first-order valence-corrected chi connectivity index (χ1v) is 7.54. The Bertz CT molecular complexity index is 963. The molecule has 11 heteroatoms. The molecule has 9 nitrogen and oxygen atoms in total. The molecule has 0 aliphatic carbocycles. The van der Waals surface area contributed by atoms with Gasteiger partial charge in [0.1, 0.15) is 17.8 Å². The van der Waals surface area contributed by atoms with Gasteiger partial charge in [-0.15, -0.1) is 5.10 Å². The highest BCUT2D eigenvalue weighted by atomic mass is 19.3. The molecule has 0 aliphatic rings. The van der Waals surface area contributed by atoms with E-state index >= 15 is 0 Å². The number of nitrogens with zero attached hydrogens (tertiary/aromatic N) is 5. The van der Waals surface area contributed by atoms with Gasteiger partial charge in [0.05, 0.1) is 25.5 Å². The molecule has 0 unspecified atom stereocenters. The van der Waals surface area contributed by atoms with Gasteiger partial charge in [-0.3, -0.25) is 0 Å². The fourth-order valence-electron chi connectivity index (χ4n) is 2.28. The van der Waals surface area contributed by atoms with Crippen molar-refractivity contribution in [2.45, 2.75) is 13.2 Å². The Balaban J connectivity index is 1.92. The zero-order valence-corrected chi connectivity index (χ0v) is 13.9. The number of carbonyl (C=O) groups is 1. The van der Waals surface area contributed by atoms with E-state index in [1.54, 1.807) is 6.07 Å². The minimum atomic E-state index is -2.95. The third-order valence-corrected chi connectivity index (χ3v) is 3.37. The van der Waals surface area contributed by atoms with Crippen LogP contribution in [0.1, 0.15) is 16.3 Å². The Hall–Kier alpha value is -3.63. The van der Waals surface area contributed by atoms with E-state index < -0.39 is 12.6 Å². The van der Waals surface area contributed by atoms with Crippen LogP contribution in [0, 0.1) is 0 Å². The Morgan fingerprint density at radius 2 is 2.15 bits per heavy atom. The van der Waals surface area contributed by atoms with Crippen LogP contribution < -0.4 is 9.47 Å². The van der Waals surface area contributed by atoms with Crippen LogP contribution in [0.25, 0.3) is 11.3 Å². The van der Waals surface area contributed by atoms with Gasteiger partial charge in [-0.2, -0.15) is 8.78 Å². The molecule has 0 aliphatic heterocycles. The third kappa shape index (κ3) is 4.32. The van der Waals surface area contributed by atoms with E-state index in [4.69, 9.17) is 9.84 Å². The van der Waals surface area contributed by atoms with Gasteiger partial charge in [0.2, 0.25) is 5.88 Å². The van der Waals surface area contributed by atoms with Gasteiger partial charge in [-0.1, -0.05) is 12.1 Å². The van der Waals surface area contributed by atoms with Gasteiger partial charge in [-0.25, -0.2) is 24.4 Å². The number of ether oxygens (including phenoxy) is 2. The monoisotopic (exact) mass is 377 g/mol. The maximum absolute atomic E-state index is 12.4. The van der Waals surface area contributed by atoms with E-state index in [0.29, 0.717) is 17.0 Å². The summed E-state index contributed by atoms with van der Waals surface area (Å²) in [6, 6.07) is 5.97. The van der Waals surface area contributed by atoms with Crippen molar-refractivity contribution in [2.75, 3.05) is 7.11 Å². The molecular formula is C16H13F2N5O4. The van der Waals surface area contributed by atoms with Crippen molar-refractivity contribution in [3.05, 3.63) is 48.3 Å². The van der Waals surface area contributed by atoms with Crippen molar-refractivity contribution in [2.24, 2.45) is 0 Å². The van der Waals surface area contributed by atoms with Crippen LogP contribution in [0.3, 0.4) is 0 Å². The normalized spacial score (nSPS) is 10.8. The van der Waals surface area contributed by atoms with Crippen LogP contribution in [0.4, 0.5) is 8.78 Å². The van der Waals surface area contributed by atoms with Gasteiger partial charge in [0, 0.05) is 5.56 Å². The number of rotatable bonds is 7. The SMILES string of the molecule is COc1ncc(Cn2cnc(C(=O)O)n2)nc1-c1cccc(OC(F)F)c1. The zero-order chi connectivity index (χ0) is 19.4. The molecule has 0 fully saturated rings. The molecule has 1 aromatic carbocycles. The number of benzene rings is 1. The first-order valence-electron chi connectivity index (χ1n) is 7.54. The highest BCUT2D eigenvalue weighted by Crippen LogP contribution is 2.29. The predicted molar refractivity (Wildman–Crippen MR) is 86.7 cm³/mol. The summed E-state index contributed by atoms with van der Waals surface area (Å²) in [6.45, 7) is -2.84. The van der Waals surface area contributed by atoms with E-state index in [0.717, 1.165) is 0 Å². The Morgan fingerprint density at radius 3 is 2.81 bits per heavy atom. The van der Waals surface area contributed by atoms with Crippen molar-refractivity contribution in [3.8, 4) is 22.9 Å². The maximum Gasteiger partial charge on any atom is 0.387 e. The van der Waals surface area contributed by atoms with Crippen LogP contribution in [-0.4, -0.2) is 49.5 Å². The molecule has 0 saturated carbocycles. The van der Waals surface area contributed by atoms with E-state index in [1.807, 2.05) is 0 Å². The second-order valence-electron chi connectivity index (χ2n) is 5.20. The minimum absolute atomic E-state index is 0.0286. The van der Waals surface area contributed by atoms with Gasteiger partial charge in [0.15, 0.2) is 0 Å². The smallest absolute Gasteiger partial charge is 0.387 e. The van der Waals surface area contributed by atoms with Crippen molar-refractivity contribution >= 4 is 5.97 Å². The quantitative estimate of drug-likeness (QED) is 0.666. The molecule has 0 bridgehead atoms. The number of carboxylic acid groups (broad SMARTS) is 1. The molecule has 2 aromatic heterocycles. The summed E-state index contributed by atoms with van der Waals surface area (Å²) in [4.78, 5) is 23.1. The largest absolute Gasteiger partial charge is 0.479 e. The summed E-state index contributed by atoms with van der Waals surface area (Å²) < 4.78 is 35.7. The molecule has 0 saturated heterocycles. The number of hydrogen-bond donors (Lipinski definition) is 1. The fourth-order valence-corrected chi connectivity index (χ4v) is 2.28. The van der Waals surface area contributed by atoms with E-state index in [2.05, 4.69) is 24.8 Å². The highest BCUT2D eigenvalue weighted by molar-refractivity contribution is 5.82. The van der Waals surface area contributed by atoms with Crippen molar-refractivity contribution < 1.29 is 28.2 Å². The molecule has 0 atom stereocenters. The van der Waals surface area contributed by atoms with E-state index in [-0.39, 0.29) is 24.0 Å². The van der Waals surface area contributed by atoms with Crippen molar-refractivity contribution in [1.29, 1.82) is 0 Å². The standard InChI is InChI=1S/C16H13F2N5O4/c1-26-14-12(9-3-2-4-11(5-9)27-16(17)18)21-10(6-19-14)7-23-8-20-13(22-23)15(24)25/h2-6,8,16H,7H2,1H3,(H,24,25). The van der Waals surface area contributed by atoms with Crippen molar-refractivity contribution in [3.63, 3.8) is 0 Å². The summed E-state index contributed by atoms with van der Waals surface area (Å²) in [5.74, 6) is -1.42. The first-order chi connectivity index (χ1) is 13.0. The Kier molecular flexibility index (Phi) is 5.20. The lowest BCUT2D eigenvalue weighted by atomic mass is 10.1. The van der Waals surface area contributed by atoms with Crippen molar-refractivity contribution in [1.82, 2.24) is 24.7 Å². The second-order valence-corrected chi connectivity index (χ2v) is 5.20. The number of halogens is 2. The number of aromatic carboxylic acids is 1. The molecule has 3 aromatic rings. The lowest BCUT2D eigenvalue weighted by molar-refractivity contribution is -0.0498. The first kappa shape index (κ1) is 18.2. The van der Waals surface area contributed by atoms with Gasteiger partial charge in [0.25, 0.3) is 5.82 Å². The fraction of sp³-hybridized carbons (Fsp3) is 0.188. The van der Waals surface area contributed by atoms with Crippen LogP contribution in [0.15, 0.2) is 36.8 Å². The molecule has 140 valence electrons. The molecule has 2 heterocycles. The number of aromatic nitrogens is 5. The lowest BCUT2D eigenvalue weighted by Gasteiger charge is -2.10. The lowest BCUT2D eigenvalue weighted by Crippen LogP contribution is -2.07. The summed E-state index contributed by atoms with van der Waals surface area (Å²) in [6.07, 6.45) is 2.69. The Morgan fingerprint density at radius 1 is 1.33 bits per heavy atom. The number of carboxylic acids is 1.